The number of ether oxygens (including phenoxy) is 2. The van der Waals surface area contributed by atoms with Crippen LogP contribution in [0.5, 0.6) is 0 Å². The molecule has 6 nitrogen and oxygen atoms in total. The topological polar surface area (TPSA) is 88.0 Å². The van der Waals surface area contributed by atoms with Crippen LogP contribution < -0.4 is 5.32 Å². The van der Waals surface area contributed by atoms with Gasteiger partial charge in [-0.3, -0.25) is 4.79 Å². The Balaban J connectivity index is 2.91. The van der Waals surface area contributed by atoms with Crippen LogP contribution in [0.25, 0.3) is 0 Å². The third-order valence-electron chi connectivity index (χ3n) is 2.92. The monoisotopic (exact) mass is 283 g/mol. The molecule has 1 rings (SSSR count). The molecule has 0 saturated heterocycles. The van der Waals surface area contributed by atoms with Crippen LogP contribution in [0.15, 0.2) is 24.3 Å². The molecule has 3 N–H and O–H groups in total. The second-order valence-corrected chi connectivity index (χ2v) is 4.38. The van der Waals surface area contributed by atoms with E-state index in [-0.39, 0.29) is 12.5 Å². The molecule has 0 aliphatic carbocycles. The summed E-state index contributed by atoms with van der Waals surface area (Å²) in [7, 11) is 2.98. The average Bonchev–Trinajstić information content (AvgIpc) is 2.45. The fourth-order valence-electron chi connectivity index (χ4n) is 1.91. The predicted octanol–water partition coefficient (Wildman–Crippen LogP) is 0.508. The van der Waals surface area contributed by atoms with Crippen LogP contribution >= 0.6 is 0 Å². The van der Waals surface area contributed by atoms with Gasteiger partial charge in [-0.2, -0.15) is 0 Å². The first kappa shape index (κ1) is 16.6. The van der Waals surface area contributed by atoms with Crippen molar-refractivity contribution in [3.05, 3.63) is 35.4 Å². The smallest absolute Gasteiger partial charge is 0.216 e. The molecule has 1 amide bonds. The molecule has 0 heterocycles. The van der Waals surface area contributed by atoms with E-state index in [0.29, 0.717) is 11.1 Å². The molecule has 0 radical (unpaired) electrons. The Morgan fingerprint density at radius 1 is 1.20 bits per heavy atom. The van der Waals surface area contributed by atoms with E-state index in [1.54, 1.807) is 24.3 Å². The third kappa shape index (κ3) is 4.28. The van der Waals surface area contributed by atoms with Crippen LogP contribution in [0.4, 0.5) is 0 Å². The minimum atomic E-state index is -1.15. The van der Waals surface area contributed by atoms with E-state index in [2.05, 4.69) is 5.32 Å². The summed E-state index contributed by atoms with van der Waals surface area (Å²) in [5.74, 6) is -0.267. The number of rotatable bonds is 7. The van der Waals surface area contributed by atoms with Gasteiger partial charge in [0.25, 0.3) is 0 Å². The van der Waals surface area contributed by atoms with E-state index in [0.717, 1.165) is 0 Å². The maximum Gasteiger partial charge on any atom is 0.216 e. The Bertz CT molecular complexity index is 433. The van der Waals surface area contributed by atoms with Gasteiger partial charge in [-0.1, -0.05) is 24.3 Å². The second kappa shape index (κ2) is 7.96. The number of carbonyl (C=O) groups is 1. The van der Waals surface area contributed by atoms with Gasteiger partial charge in [0.05, 0.1) is 0 Å². The normalized spacial score (nSPS) is 14.1. The first-order valence-corrected chi connectivity index (χ1v) is 6.26. The molecule has 112 valence electrons. The zero-order valence-corrected chi connectivity index (χ0v) is 11.9. The maximum absolute atomic E-state index is 10.8. The molecule has 0 aliphatic rings. The summed E-state index contributed by atoms with van der Waals surface area (Å²) in [4.78, 5) is 10.8. The fraction of sp³-hybridized carbons (Fsp3) is 0.500. The van der Waals surface area contributed by atoms with Crippen molar-refractivity contribution < 1.29 is 24.5 Å². The Morgan fingerprint density at radius 2 is 1.75 bits per heavy atom. The van der Waals surface area contributed by atoms with Gasteiger partial charge in [0.1, 0.15) is 12.2 Å². The predicted molar refractivity (Wildman–Crippen MR) is 72.9 cm³/mol. The fourth-order valence-corrected chi connectivity index (χ4v) is 1.91. The SMILES string of the molecule is COC(OC)c1ccccc1C(O)C(O)CNC(C)=O. The minimum Gasteiger partial charge on any atom is -0.388 e. The molecule has 0 aliphatic heterocycles. The van der Waals surface area contributed by atoms with Crippen molar-refractivity contribution >= 4 is 5.91 Å². The number of aliphatic hydroxyl groups is 2. The lowest BCUT2D eigenvalue weighted by Crippen LogP contribution is -2.34. The summed E-state index contributed by atoms with van der Waals surface area (Å²) < 4.78 is 10.3. The molecule has 2 unspecified atom stereocenters. The lowest BCUT2D eigenvalue weighted by atomic mass is 9.98. The molecule has 2 atom stereocenters. The summed E-state index contributed by atoms with van der Waals surface area (Å²) in [6.07, 6.45) is -2.89. The molecule has 20 heavy (non-hydrogen) atoms. The zero-order chi connectivity index (χ0) is 15.1. The highest BCUT2D eigenvalue weighted by Gasteiger charge is 2.24. The van der Waals surface area contributed by atoms with Gasteiger partial charge in [0.15, 0.2) is 6.29 Å². The molecule has 6 heteroatoms. The zero-order valence-electron chi connectivity index (χ0n) is 11.9. The van der Waals surface area contributed by atoms with Gasteiger partial charge in [-0.25, -0.2) is 0 Å². The Hall–Kier alpha value is -1.47. The van der Waals surface area contributed by atoms with Gasteiger partial charge in [0.2, 0.25) is 5.91 Å². The van der Waals surface area contributed by atoms with Crippen LogP contribution in [0.2, 0.25) is 0 Å². The Morgan fingerprint density at radius 3 is 2.25 bits per heavy atom. The van der Waals surface area contributed by atoms with Gasteiger partial charge in [0, 0.05) is 33.3 Å². The number of hydrogen-bond acceptors (Lipinski definition) is 5. The van der Waals surface area contributed by atoms with Crippen molar-refractivity contribution in [1.82, 2.24) is 5.32 Å². The van der Waals surface area contributed by atoms with Crippen molar-refractivity contribution in [2.24, 2.45) is 0 Å². The lowest BCUT2D eigenvalue weighted by Gasteiger charge is -2.23. The largest absolute Gasteiger partial charge is 0.388 e. The molecule has 0 bridgehead atoms. The third-order valence-corrected chi connectivity index (χ3v) is 2.92. The van der Waals surface area contributed by atoms with E-state index in [4.69, 9.17) is 9.47 Å². The summed E-state index contributed by atoms with van der Waals surface area (Å²) in [5, 5.41) is 22.6. The van der Waals surface area contributed by atoms with Gasteiger partial charge in [-0.15, -0.1) is 0 Å². The summed E-state index contributed by atoms with van der Waals surface area (Å²) >= 11 is 0. The molecule has 0 aromatic heterocycles. The minimum absolute atomic E-state index is 0.0323. The lowest BCUT2D eigenvalue weighted by molar-refractivity contribution is -0.120. The number of nitrogens with one attached hydrogen (secondary N) is 1. The molecule has 0 fully saturated rings. The molecule has 1 aromatic rings. The molecule has 1 aromatic carbocycles. The molecule has 0 saturated carbocycles. The van der Waals surface area contributed by atoms with Crippen molar-refractivity contribution in [2.75, 3.05) is 20.8 Å². The highest BCUT2D eigenvalue weighted by atomic mass is 16.7. The van der Waals surface area contributed by atoms with Crippen LogP contribution in [0.3, 0.4) is 0 Å². The average molecular weight is 283 g/mol. The number of carbonyl (C=O) groups excluding carboxylic acids is 1. The molecular weight excluding hydrogens is 262 g/mol. The van der Waals surface area contributed by atoms with Crippen LogP contribution in [0.1, 0.15) is 30.4 Å². The maximum atomic E-state index is 10.8. The summed E-state index contributed by atoms with van der Waals surface area (Å²) in [6.45, 7) is 1.31. The van der Waals surface area contributed by atoms with Crippen molar-refractivity contribution in [2.45, 2.75) is 25.4 Å². The summed E-state index contributed by atoms with van der Waals surface area (Å²) in [5.41, 5.74) is 1.13. The van der Waals surface area contributed by atoms with E-state index >= 15 is 0 Å². The van der Waals surface area contributed by atoms with Crippen LogP contribution in [0, 0.1) is 0 Å². The van der Waals surface area contributed by atoms with Crippen LogP contribution in [-0.2, 0) is 14.3 Å². The Labute approximate surface area is 118 Å². The standard InChI is InChI=1S/C14H21NO5/c1-9(16)15-8-12(17)13(18)10-6-4-5-7-11(10)14(19-2)20-3/h4-7,12-14,17-18H,8H2,1-3H3,(H,15,16). The number of amides is 1. The molecule has 0 spiro atoms. The van der Waals surface area contributed by atoms with Gasteiger partial charge >= 0.3 is 0 Å². The van der Waals surface area contributed by atoms with E-state index in [1.807, 2.05) is 0 Å². The van der Waals surface area contributed by atoms with Crippen LogP contribution in [-0.4, -0.2) is 43.0 Å². The molecular formula is C14H21NO5. The van der Waals surface area contributed by atoms with E-state index in [1.165, 1.54) is 21.1 Å². The number of benzene rings is 1. The van der Waals surface area contributed by atoms with Crippen molar-refractivity contribution in [1.29, 1.82) is 0 Å². The van der Waals surface area contributed by atoms with E-state index < -0.39 is 18.5 Å². The van der Waals surface area contributed by atoms with Gasteiger partial charge < -0.3 is 25.0 Å². The van der Waals surface area contributed by atoms with Crippen molar-refractivity contribution in [3.8, 4) is 0 Å². The highest BCUT2D eigenvalue weighted by Crippen LogP contribution is 2.28. The highest BCUT2D eigenvalue weighted by molar-refractivity contribution is 5.72. The van der Waals surface area contributed by atoms with Crippen molar-refractivity contribution in [3.63, 3.8) is 0 Å². The first-order valence-electron chi connectivity index (χ1n) is 6.26. The second-order valence-electron chi connectivity index (χ2n) is 4.38. The van der Waals surface area contributed by atoms with E-state index in [9.17, 15) is 15.0 Å². The van der Waals surface area contributed by atoms with Gasteiger partial charge in [-0.05, 0) is 5.56 Å². The number of methoxy groups -OCH3 is 2. The summed E-state index contributed by atoms with van der Waals surface area (Å²) in [6, 6.07) is 6.97. The number of hydrogen-bond donors (Lipinski definition) is 3. The number of aliphatic hydroxyl groups excluding tert-OH is 2. The first-order chi connectivity index (χ1) is 9.51. The quantitative estimate of drug-likeness (QED) is 0.635. The Kier molecular flexibility index (Phi) is 6.60.